The van der Waals surface area contributed by atoms with E-state index in [2.05, 4.69) is 27.7 Å². The van der Waals surface area contributed by atoms with Crippen LogP contribution in [0.2, 0.25) is 0 Å². The predicted octanol–water partition coefficient (Wildman–Crippen LogP) is 3.67. The molecule has 0 heterocycles. The van der Waals surface area contributed by atoms with Gasteiger partial charge < -0.3 is 14.2 Å². The Labute approximate surface area is 115 Å². The first kappa shape index (κ1) is 17.9. The van der Waals surface area contributed by atoms with E-state index >= 15 is 0 Å². The maximum Gasteiger partial charge on any atom is 0.247 e. The van der Waals surface area contributed by atoms with E-state index < -0.39 is 5.69 Å². The van der Waals surface area contributed by atoms with Gasteiger partial charge in [-0.2, -0.15) is 0 Å². The van der Waals surface area contributed by atoms with Crippen molar-refractivity contribution < 1.29 is 14.2 Å². The molecule has 0 radical (unpaired) electrons. The van der Waals surface area contributed by atoms with Crippen molar-refractivity contribution in [2.24, 2.45) is 11.8 Å². The first-order chi connectivity index (χ1) is 7.89. The topological polar surface area (TPSA) is 38.7 Å². The average molecular weight is 300 g/mol. The van der Waals surface area contributed by atoms with E-state index in [1.807, 2.05) is 0 Å². The molecule has 0 fully saturated rings. The summed E-state index contributed by atoms with van der Waals surface area (Å²) >= 11 is 7.12. The van der Waals surface area contributed by atoms with Crippen LogP contribution in [0, 0.1) is 11.8 Å². The van der Waals surface area contributed by atoms with E-state index in [-0.39, 0.29) is 6.61 Å². The predicted molar refractivity (Wildman–Crippen MR) is 80.0 cm³/mol. The van der Waals surface area contributed by atoms with Gasteiger partial charge in [0.25, 0.3) is 0 Å². The van der Waals surface area contributed by atoms with E-state index in [4.69, 9.17) is 26.0 Å². The number of rotatable bonds is 10. The molecule has 0 aromatic carbocycles. The van der Waals surface area contributed by atoms with E-state index in [0.29, 0.717) is 31.5 Å². The lowest BCUT2D eigenvalue weighted by Gasteiger charge is -2.23. The first-order valence-corrected chi connectivity index (χ1v) is 10.3. The van der Waals surface area contributed by atoms with Crippen LogP contribution in [0.1, 0.15) is 34.1 Å². The highest BCUT2D eigenvalue weighted by atomic mass is 32.9. The fourth-order valence-electron chi connectivity index (χ4n) is 0.833. The van der Waals surface area contributed by atoms with Crippen LogP contribution in [0.5, 0.6) is 0 Å². The third kappa shape index (κ3) is 10.5. The molecule has 0 spiro atoms. The Morgan fingerprint density at radius 1 is 1.18 bits per heavy atom. The lowest BCUT2D eigenvalue weighted by molar-refractivity contribution is 0.209. The van der Waals surface area contributed by atoms with Gasteiger partial charge in [0.15, 0.2) is 0 Å². The lowest BCUT2D eigenvalue weighted by atomic mass is 10.2. The summed E-state index contributed by atoms with van der Waals surface area (Å²) in [6.07, 6.45) is 0.617. The van der Waals surface area contributed by atoms with Crippen LogP contribution in [-0.2, 0) is 20.9 Å². The maximum atomic E-state index is 8.75. The van der Waals surface area contributed by atoms with Crippen LogP contribution in [0.3, 0.4) is 0 Å². The summed E-state index contributed by atoms with van der Waals surface area (Å²) < 4.78 is 11.5. The molecule has 0 aromatic rings. The monoisotopic (exact) mass is 300 g/mol. The van der Waals surface area contributed by atoms with E-state index in [0.717, 1.165) is 5.75 Å². The van der Waals surface area contributed by atoms with Crippen molar-refractivity contribution in [3.63, 3.8) is 0 Å². The third-order valence-electron chi connectivity index (χ3n) is 1.68. The van der Waals surface area contributed by atoms with Gasteiger partial charge in [0.1, 0.15) is 0 Å². The molecule has 0 aliphatic carbocycles. The second-order valence-corrected chi connectivity index (χ2v) is 11.1. The molecule has 0 aromatic heterocycles. The number of aliphatic hydroxyl groups excluding tert-OH is 1. The van der Waals surface area contributed by atoms with Crippen molar-refractivity contribution in [3.8, 4) is 0 Å². The second-order valence-electron chi connectivity index (χ2n) is 4.74. The molecule has 17 heavy (non-hydrogen) atoms. The summed E-state index contributed by atoms with van der Waals surface area (Å²) in [6, 6.07) is 0. The standard InChI is InChI=1S/C11H25O3PS2/c1-10(2)8-14-15(16,13-7-5-6-12)17-9-11(3)4/h10-12H,5-9H2,1-4H3. The number of hydrogen-bond acceptors (Lipinski definition) is 5. The SMILES string of the molecule is CC(C)COP(=S)(OCCCO)SCC(C)C. The zero-order valence-electron chi connectivity index (χ0n) is 11.2. The highest BCUT2D eigenvalue weighted by Crippen LogP contribution is 2.61. The lowest BCUT2D eigenvalue weighted by Crippen LogP contribution is -2.04. The molecule has 104 valence electrons. The van der Waals surface area contributed by atoms with Gasteiger partial charge in [0, 0.05) is 12.4 Å². The Hall–Kier alpha value is 0.880. The van der Waals surface area contributed by atoms with Crippen LogP contribution in [0.4, 0.5) is 0 Å². The van der Waals surface area contributed by atoms with Crippen molar-refractivity contribution in [2.45, 2.75) is 34.1 Å². The van der Waals surface area contributed by atoms with Gasteiger partial charge >= 0.3 is 0 Å². The highest BCUT2D eigenvalue weighted by Gasteiger charge is 2.21. The van der Waals surface area contributed by atoms with Crippen LogP contribution in [0.15, 0.2) is 0 Å². The van der Waals surface area contributed by atoms with Crippen molar-refractivity contribution in [1.82, 2.24) is 0 Å². The molecular weight excluding hydrogens is 275 g/mol. The quantitative estimate of drug-likeness (QED) is 0.492. The molecule has 1 N–H and O–H groups in total. The molecular formula is C11H25O3PS2. The van der Waals surface area contributed by atoms with Gasteiger partial charge in [0.05, 0.1) is 13.2 Å². The average Bonchev–Trinajstić information content (AvgIpc) is 2.24. The summed E-state index contributed by atoms with van der Waals surface area (Å²) in [7, 11) is 0. The Kier molecular flexibility index (Phi) is 10.3. The molecule has 0 aliphatic heterocycles. The molecule has 1 atom stereocenters. The minimum Gasteiger partial charge on any atom is -0.396 e. The minimum absolute atomic E-state index is 0.133. The van der Waals surface area contributed by atoms with Crippen LogP contribution in [-0.4, -0.2) is 30.7 Å². The van der Waals surface area contributed by atoms with Crippen LogP contribution in [0.25, 0.3) is 0 Å². The molecule has 0 rings (SSSR count). The number of hydrogen-bond donors (Lipinski definition) is 1. The zero-order valence-corrected chi connectivity index (χ0v) is 13.7. The summed E-state index contributed by atoms with van der Waals surface area (Å²) in [4.78, 5) is 0. The van der Waals surface area contributed by atoms with Crippen LogP contribution < -0.4 is 0 Å². The Morgan fingerprint density at radius 3 is 2.29 bits per heavy atom. The zero-order chi connectivity index (χ0) is 13.3. The summed E-state index contributed by atoms with van der Waals surface area (Å²) in [5.41, 5.74) is -2.22. The van der Waals surface area contributed by atoms with Crippen molar-refractivity contribution >= 4 is 28.9 Å². The summed E-state index contributed by atoms with van der Waals surface area (Å²) in [6.45, 7) is 9.76. The fourth-order valence-corrected chi connectivity index (χ4v) is 5.62. The molecule has 1 unspecified atom stereocenters. The van der Waals surface area contributed by atoms with E-state index in [1.54, 1.807) is 11.4 Å². The Morgan fingerprint density at radius 2 is 1.82 bits per heavy atom. The van der Waals surface area contributed by atoms with Crippen molar-refractivity contribution in [1.29, 1.82) is 0 Å². The van der Waals surface area contributed by atoms with E-state index in [9.17, 15) is 0 Å². The summed E-state index contributed by atoms with van der Waals surface area (Å²) in [5, 5.41) is 8.75. The molecule has 0 aliphatic rings. The Bertz CT molecular complexity index is 219. The maximum absolute atomic E-state index is 8.75. The second kappa shape index (κ2) is 9.76. The van der Waals surface area contributed by atoms with Crippen molar-refractivity contribution in [2.75, 3.05) is 25.6 Å². The largest absolute Gasteiger partial charge is 0.396 e. The van der Waals surface area contributed by atoms with Crippen LogP contribution >= 0.6 is 17.1 Å². The van der Waals surface area contributed by atoms with Gasteiger partial charge in [-0.3, -0.25) is 0 Å². The smallest absolute Gasteiger partial charge is 0.247 e. The molecule has 0 bridgehead atoms. The molecule has 6 heteroatoms. The Balaban J connectivity index is 4.19. The first-order valence-electron chi connectivity index (χ1n) is 6.04. The third-order valence-corrected chi connectivity index (χ3v) is 7.39. The highest BCUT2D eigenvalue weighted by molar-refractivity contribution is 8.67. The van der Waals surface area contributed by atoms with Gasteiger partial charge in [-0.25, -0.2) is 0 Å². The molecule has 0 amide bonds. The normalized spacial score (nSPS) is 15.5. The van der Waals surface area contributed by atoms with Gasteiger partial charge in [-0.05, 0) is 30.1 Å². The summed E-state index contributed by atoms with van der Waals surface area (Å²) in [5.74, 6) is 1.99. The van der Waals surface area contributed by atoms with Gasteiger partial charge in [-0.15, -0.1) is 0 Å². The molecule has 3 nitrogen and oxygen atoms in total. The molecule has 0 saturated heterocycles. The fraction of sp³-hybridized carbons (Fsp3) is 1.00. The minimum atomic E-state index is -2.22. The number of aliphatic hydroxyl groups is 1. The van der Waals surface area contributed by atoms with E-state index in [1.165, 1.54) is 0 Å². The molecule has 0 saturated carbocycles. The van der Waals surface area contributed by atoms with Crippen molar-refractivity contribution in [3.05, 3.63) is 0 Å². The van der Waals surface area contributed by atoms with Gasteiger partial charge in [-0.1, -0.05) is 39.1 Å². The van der Waals surface area contributed by atoms with Gasteiger partial charge in [0.2, 0.25) is 5.69 Å².